The third-order valence-electron chi connectivity index (χ3n) is 4.29. The molecule has 0 saturated carbocycles. The highest BCUT2D eigenvalue weighted by Crippen LogP contribution is 2.32. The van der Waals surface area contributed by atoms with Gasteiger partial charge in [0.2, 0.25) is 0 Å². The summed E-state index contributed by atoms with van der Waals surface area (Å²) in [6.45, 7) is 6.97. The highest BCUT2D eigenvalue weighted by molar-refractivity contribution is 14.0. The van der Waals surface area contributed by atoms with Crippen molar-refractivity contribution in [3.63, 3.8) is 0 Å². The van der Waals surface area contributed by atoms with E-state index >= 15 is 0 Å². The Balaban J connectivity index is 0.00000243. The van der Waals surface area contributed by atoms with Crippen LogP contribution in [0.2, 0.25) is 0 Å². The summed E-state index contributed by atoms with van der Waals surface area (Å²) >= 11 is 0. The summed E-state index contributed by atoms with van der Waals surface area (Å²) in [6.07, 6.45) is 3.05. The predicted molar refractivity (Wildman–Crippen MR) is 114 cm³/mol. The molecule has 8 heteroatoms. The lowest BCUT2D eigenvalue weighted by atomic mass is 10.2. The van der Waals surface area contributed by atoms with Crippen LogP contribution in [0.5, 0.6) is 11.5 Å². The van der Waals surface area contributed by atoms with E-state index in [0.29, 0.717) is 19.2 Å². The fraction of sp³-hybridized carbons (Fsp3) is 0.611. The molecule has 0 bridgehead atoms. The van der Waals surface area contributed by atoms with Crippen LogP contribution in [0.15, 0.2) is 23.2 Å². The van der Waals surface area contributed by atoms with Gasteiger partial charge in [-0.1, -0.05) is 0 Å². The van der Waals surface area contributed by atoms with Crippen LogP contribution in [0.25, 0.3) is 0 Å². The molecule has 0 atom stereocenters. The van der Waals surface area contributed by atoms with Gasteiger partial charge >= 0.3 is 0 Å². The van der Waals surface area contributed by atoms with Gasteiger partial charge in [-0.2, -0.15) is 0 Å². The topological polar surface area (TPSA) is 81.3 Å². The van der Waals surface area contributed by atoms with Gasteiger partial charge in [0.05, 0.1) is 26.4 Å². The SMILES string of the molecule is I.NC(=NCCCCN1CCOCC1)Nc1ccc2c(c1)OCCCO2. The van der Waals surface area contributed by atoms with Crippen LogP contribution in [-0.2, 0) is 4.74 Å². The van der Waals surface area contributed by atoms with Crippen molar-refractivity contribution in [2.24, 2.45) is 10.7 Å². The van der Waals surface area contributed by atoms with Gasteiger partial charge in [-0.3, -0.25) is 9.89 Å². The Morgan fingerprint density at radius 3 is 2.65 bits per heavy atom. The summed E-state index contributed by atoms with van der Waals surface area (Å²) in [5, 5.41) is 3.12. The van der Waals surface area contributed by atoms with E-state index in [1.807, 2.05) is 18.2 Å². The molecule has 0 aliphatic carbocycles. The van der Waals surface area contributed by atoms with Crippen molar-refractivity contribution < 1.29 is 14.2 Å². The third kappa shape index (κ3) is 6.81. The zero-order valence-electron chi connectivity index (χ0n) is 15.1. The normalized spacial score (nSPS) is 17.9. The number of morpholine rings is 1. The molecule has 0 spiro atoms. The van der Waals surface area contributed by atoms with Crippen LogP contribution in [0, 0.1) is 0 Å². The molecule has 0 unspecified atom stereocenters. The molecule has 2 heterocycles. The maximum Gasteiger partial charge on any atom is 0.193 e. The van der Waals surface area contributed by atoms with Gasteiger partial charge in [0, 0.05) is 37.8 Å². The van der Waals surface area contributed by atoms with E-state index in [1.54, 1.807) is 0 Å². The second-order valence-corrected chi connectivity index (χ2v) is 6.27. The molecule has 0 aromatic heterocycles. The fourth-order valence-electron chi connectivity index (χ4n) is 2.90. The van der Waals surface area contributed by atoms with Crippen molar-refractivity contribution >= 4 is 35.6 Å². The lowest BCUT2D eigenvalue weighted by Gasteiger charge is -2.26. The number of nitrogens with two attached hydrogens (primary N) is 1. The average molecular weight is 476 g/mol. The van der Waals surface area contributed by atoms with Crippen LogP contribution < -0.4 is 20.5 Å². The number of nitrogens with one attached hydrogen (secondary N) is 1. The third-order valence-corrected chi connectivity index (χ3v) is 4.29. The minimum Gasteiger partial charge on any atom is -0.490 e. The van der Waals surface area contributed by atoms with Gasteiger partial charge in [-0.15, -0.1) is 24.0 Å². The maximum absolute atomic E-state index is 5.98. The van der Waals surface area contributed by atoms with E-state index in [2.05, 4.69) is 15.2 Å². The first-order valence-corrected chi connectivity index (χ1v) is 9.08. The lowest BCUT2D eigenvalue weighted by Crippen LogP contribution is -2.36. The minimum atomic E-state index is 0. The Morgan fingerprint density at radius 1 is 1.08 bits per heavy atom. The number of benzene rings is 1. The summed E-state index contributed by atoms with van der Waals surface area (Å²) < 4.78 is 16.7. The summed E-state index contributed by atoms with van der Waals surface area (Å²) in [6, 6.07) is 5.73. The molecule has 1 fully saturated rings. The Morgan fingerprint density at radius 2 is 1.85 bits per heavy atom. The second-order valence-electron chi connectivity index (χ2n) is 6.27. The van der Waals surface area contributed by atoms with Gasteiger partial charge in [0.1, 0.15) is 0 Å². The second kappa shape index (κ2) is 11.5. The highest BCUT2D eigenvalue weighted by Gasteiger charge is 2.11. The smallest absolute Gasteiger partial charge is 0.193 e. The molecule has 0 amide bonds. The van der Waals surface area contributed by atoms with Gasteiger partial charge < -0.3 is 25.3 Å². The summed E-state index contributed by atoms with van der Waals surface area (Å²) in [7, 11) is 0. The molecular weight excluding hydrogens is 447 g/mol. The molecule has 1 aromatic rings. The number of aliphatic imine (C=N–C) groups is 1. The maximum atomic E-state index is 5.98. The summed E-state index contributed by atoms with van der Waals surface area (Å²) in [4.78, 5) is 6.84. The van der Waals surface area contributed by atoms with Crippen molar-refractivity contribution in [2.45, 2.75) is 19.3 Å². The van der Waals surface area contributed by atoms with Crippen LogP contribution >= 0.6 is 24.0 Å². The zero-order chi connectivity index (χ0) is 17.3. The molecule has 1 saturated heterocycles. The number of halogens is 1. The van der Waals surface area contributed by atoms with Crippen molar-refractivity contribution in [1.82, 2.24) is 4.90 Å². The Kier molecular flexibility index (Phi) is 9.27. The number of rotatable bonds is 6. The summed E-state index contributed by atoms with van der Waals surface area (Å²) in [5.74, 6) is 1.96. The molecule has 2 aliphatic heterocycles. The van der Waals surface area contributed by atoms with E-state index in [1.165, 1.54) is 0 Å². The molecule has 26 heavy (non-hydrogen) atoms. The largest absolute Gasteiger partial charge is 0.490 e. The van der Waals surface area contributed by atoms with Crippen molar-refractivity contribution in [3.8, 4) is 11.5 Å². The first kappa shape index (κ1) is 21.0. The number of anilines is 1. The monoisotopic (exact) mass is 476 g/mol. The van der Waals surface area contributed by atoms with Crippen molar-refractivity contribution in [3.05, 3.63) is 18.2 Å². The lowest BCUT2D eigenvalue weighted by molar-refractivity contribution is 0.0373. The predicted octanol–water partition coefficient (Wildman–Crippen LogP) is 2.30. The number of fused-ring (bicyclic) bond motifs is 1. The zero-order valence-corrected chi connectivity index (χ0v) is 17.4. The van der Waals surface area contributed by atoms with Crippen molar-refractivity contribution in [2.75, 3.05) is 57.9 Å². The molecule has 2 aliphatic rings. The molecule has 146 valence electrons. The van der Waals surface area contributed by atoms with Gasteiger partial charge in [0.15, 0.2) is 17.5 Å². The summed E-state index contributed by atoms with van der Waals surface area (Å²) in [5.41, 5.74) is 6.84. The molecular formula is C18H29IN4O3. The first-order chi connectivity index (χ1) is 12.3. The van der Waals surface area contributed by atoms with Crippen molar-refractivity contribution in [1.29, 1.82) is 0 Å². The number of unbranched alkanes of at least 4 members (excludes halogenated alkanes) is 1. The fourth-order valence-corrected chi connectivity index (χ4v) is 2.90. The highest BCUT2D eigenvalue weighted by atomic mass is 127. The van der Waals surface area contributed by atoms with E-state index < -0.39 is 0 Å². The van der Waals surface area contributed by atoms with Crippen LogP contribution in [0.1, 0.15) is 19.3 Å². The number of guanidine groups is 1. The standard InChI is InChI=1S/C18H28N4O3.HI/c19-18(20-6-1-2-7-22-8-12-23-13-9-22)21-15-4-5-16-17(14-15)25-11-3-10-24-16;/h4-5,14H,1-3,6-13H2,(H3,19,20,21);1H. The average Bonchev–Trinajstić information content (AvgIpc) is 2.87. The first-order valence-electron chi connectivity index (χ1n) is 9.08. The van der Waals surface area contributed by atoms with E-state index in [9.17, 15) is 0 Å². The van der Waals surface area contributed by atoms with Crippen LogP contribution in [0.3, 0.4) is 0 Å². The Bertz CT molecular complexity index is 580. The van der Waals surface area contributed by atoms with Crippen LogP contribution in [0.4, 0.5) is 5.69 Å². The number of nitrogens with zero attached hydrogens (tertiary/aromatic N) is 2. The van der Waals surface area contributed by atoms with Gasteiger partial charge in [-0.05, 0) is 31.5 Å². The van der Waals surface area contributed by atoms with Gasteiger partial charge in [-0.25, -0.2) is 0 Å². The number of hydrogen-bond donors (Lipinski definition) is 2. The van der Waals surface area contributed by atoms with Gasteiger partial charge in [0.25, 0.3) is 0 Å². The Hall–Kier alpha value is -1.26. The number of hydrogen-bond acceptors (Lipinski definition) is 5. The quantitative estimate of drug-likeness (QED) is 0.284. The molecule has 3 rings (SSSR count). The Labute approximate surface area is 172 Å². The molecule has 7 nitrogen and oxygen atoms in total. The van der Waals surface area contributed by atoms with E-state index in [-0.39, 0.29) is 24.0 Å². The number of ether oxygens (including phenoxy) is 3. The van der Waals surface area contributed by atoms with Crippen LogP contribution in [-0.4, -0.2) is 63.5 Å². The molecule has 1 aromatic carbocycles. The minimum absolute atomic E-state index is 0. The van der Waals surface area contributed by atoms with E-state index in [0.717, 1.165) is 75.8 Å². The van der Waals surface area contributed by atoms with E-state index in [4.69, 9.17) is 19.9 Å². The molecule has 0 radical (unpaired) electrons. The molecule has 3 N–H and O–H groups in total.